The largest absolute Gasteiger partial charge is 0.417 e. The van der Waals surface area contributed by atoms with E-state index in [1.807, 2.05) is 0 Å². The maximum atomic E-state index is 13.7. The van der Waals surface area contributed by atoms with Crippen LogP contribution in [0.4, 0.5) is 13.2 Å². The lowest BCUT2D eigenvalue weighted by molar-refractivity contribution is -0.136. The number of likely N-dealkylation sites (tertiary alicyclic amines) is 1. The van der Waals surface area contributed by atoms with Gasteiger partial charge in [0.05, 0.1) is 28.4 Å². The van der Waals surface area contributed by atoms with E-state index in [-0.39, 0.29) is 28.6 Å². The molecule has 0 unspecified atom stereocenters. The number of nitrogens with zero attached hydrogens (tertiary/aromatic N) is 5. The van der Waals surface area contributed by atoms with Gasteiger partial charge in [-0.1, -0.05) is 12.1 Å². The van der Waals surface area contributed by atoms with Gasteiger partial charge in [0.15, 0.2) is 0 Å². The van der Waals surface area contributed by atoms with Gasteiger partial charge in [0.1, 0.15) is 0 Å². The van der Waals surface area contributed by atoms with Gasteiger partial charge in [0.25, 0.3) is 11.6 Å². The highest BCUT2D eigenvalue weighted by molar-refractivity contribution is 5.93. The van der Waals surface area contributed by atoms with Crippen LogP contribution in [0, 0.1) is 0 Å². The Bertz CT molecular complexity index is 1050. The number of amides is 1. The molecule has 3 aromatic heterocycles. The molecule has 7 nitrogen and oxygen atoms in total. The van der Waals surface area contributed by atoms with Gasteiger partial charge in [-0.3, -0.25) is 9.48 Å². The number of piperidine rings is 1. The Kier molecular flexibility index (Phi) is 4.79. The molecule has 0 N–H and O–H groups in total. The summed E-state index contributed by atoms with van der Waals surface area (Å²) >= 11 is 0. The number of rotatable bonds is 3. The summed E-state index contributed by atoms with van der Waals surface area (Å²) in [6.45, 7) is 2.59. The van der Waals surface area contributed by atoms with E-state index in [2.05, 4.69) is 15.2 Å². The van der Waals surface area contributed by atoms with Gasteiger partial charge in [0, 0.05) is 37.9 Å². The van der Waals surface area contributed by atoms with Crippen LogP contribution in [0.5, 0.6) is 0 Å². The van der Waals surface area contributed by atoms with E-state index in [0.717, 1.165) is 6.07 Å². The van der Waals surface area contributed by atoms with Crippen molar-refractivity contribution in [1.82, 2.24) is 24.8 Å². The number of hydrogen-bond donors (Lipinski definition) is 0. The fourth-order valence-electron chi connectivity index (χ4n) is 3.78. The second-order valence-electron chi connectivity index (χ2n) is 7.23. The number of carbonyl (C=O) groups is 1. The average Bonchev–Trinajstić information content (AvgIpc) is 3.32. The van der Waals surface area contributed by atoms with Crippen LogP contribution in [0.3, 0.4) is 0 Å². The summed E-state index contributed by atoms with van der Waals surface area (Å²) in [7, 11) is 1.73. The minimum absolute atomic E-state index is 0.0632. The summed E-state index contributed by atoms with van der Waals surface area (Å²) in [4.78, 5) is 18.4. The summed E-state index contributed by atoms with van der Waals surface area (Å²) in [6, 6.07) is 1.07. The Labute approximate surface area is 164 Å². The Morgan fingerprint density at radius 3 is 2.62 bits per heavy atom. The monoisotopic (exact) mass is 407 g/mol. The van der Waals surface area contributed by atoms with Crippen molar-refractivity contribution < 1.29 is 22.5 Å². The number of pyridine rings is 1. The number of hydrogen-bond acceptors (Lipinski definition) is 5. The standard InChI is InChI=1S/C19H20F3N5O2/c1-3-13-8-14(19(20,21)22)15-16(25-29-17(15)24-13)11-4-6-27(7-5-11)18(28)12-9-23-26(2)10-12/h8-11H,3-7H2,1-2H3. The van der Waals surface area contributed by atoms with Gasteiger partial charge in [-0.05, 0) is 25.3 Å². The fourth-order valence-corrected chi connectivity index (χ4v) is 3.78. The third-order valence-electron chi connectivity index (χ3n) is 5.31. The van der Waals surface area contributed by atoms with Crippen LogP contribution in [0.1, 0.15) is 53.0 Å². The first-order valence-corrected chi connectivity index (χ1v) is 9.42. The molecule has 4 heterocycles. The van der Waals surface area contributed by atoms with E-state index in [9.17, 15) is 18.0 Å². The number of carbonyl (C=O) groups excluding carboxylic acids is 1. The number of aromatic nitrogens is 4. The predicted octanol–water partition coefficient (Wildman–Crippen LogP) is 3.56. The number of fused-ring (bicyclic) bond motifs is 1. The highest BCUT2D eigenvalue weighted by Crippen LogP contribution is 2.40. The van der Waals surface area contributed by atoms with Crippen molar-refractivity contribution >= 4 is 17.0 Å². The van der Waals surface area contributed by atoms with E-state index < -0.39 is 11.7 Å². The summed E-state index contributed by atoms with van der Waals surface area (Å²) < 4.78 is 47.7. The molecule has 1 aliphatic heterocycles. The number of alkyl halides is 3. The van der Waals surface area contributed by atoms with Gasteiger partial charge in [0.2, 0.25) is 0 Å². The maximum Gasteiger partial charge on any atom is 0.417 e. The van der Waals surface area contributed by atoms with Gasteiger partial charge >= 0.3 is 6.18 Å². The van der Waals surface area contributed by atoms with E-state index in [0.29, 0.717) is 43.6 Å². The molecule has 0 aromatic carbocycles. The molecule has 1 aliphatic rings. The first kappa shape index (κ1) is 19.4. The summed E-state index contributed by atoms with van der Waals surface area (Å²) in [5.74, 6) is -0.364. The van der Waals surface area contributed by atoms with Crippen LogP contribution in [0.15, 0.2) is 23.0 Å². The van der Waals surface area contributed by atoms with Crippen LogP contribution in [0.2, 0.25) is 0 Å². The van der Waals surface area contributed by atoms with E-state index in [1.54, 1.807) is 29.7 Å². The number of halogens is 3. The van der Waals surface area contributed by atoms with Crippen molar-refractivity contribution in [3.63, 3.8) is 0 Å². The molecule has 10 heteroatoms. The molecule has 0 spiro atoms. The van der Waals surface area contributed by atoms with Crippen molar-refractivity contribution in [1.29, 1.82) is 0 Å². The zero-order valence-electron chi connectivity index (χ0n) is 16.0. The van der Waals surface area contributed by atoms with Crippen LogP contribution in [-0.2, 0) is 19.6 Å². The molecule has 1 saturated heterocycles. The first-order chi connectivity index (χ1) is 13.8. The molecule has 0 radical (unpaired) electrons. The van der Waals surface area contributed by atoms with E-state index >= 15 is 0 Å². The molecule has 0 bridgehead atoms. The lowest BCUT2D eigenvalue weighted by Gasteiger charge is -2.31. The quantitative estimate of drug-likeness (QED) is 0.664. The highest BCUT2D eigenvalue weighted by atomic mass is 19.4. The smallest absolute Gasteiger partial charge is 0.339 e. The predicted molar refractivity (Wildman–Crippen MR) is 97.3 cm³/mol. The molecule has 154 valence electrons. The van der Waals surface area contributed by atoms with Crippen molar-refractivity contribution in [3.8, 4) is 0 Å². The van der Waals surface area contributed by atoms with Crippen LogP contribution >= 0.6 is 0 Å². The van der Waals surface area contributed by atoms with Crippen molar-refractivity contribution in [2.45, 2.75) is 38.3 Å². The maximum absolute atomic E-state index is 13.7. The van der Waals surface area contributed by atoms with E-state index in [1.165, 1.54) is 6.20 Å². The average molecular weight is 407 g/mol. The van der Waals surface area contributed by atoms with Crippen molar-refractivity contribution in [2.75, 3.05) is 13.1 Å². The minimum atomic E-state index is -4.53. The fraction of sp³-hybridized carbons (Fsp3) is 0.474. The van der Waals surface area contributed by atoms with Gasteiger partial charge in [-0.2, -0.15) is 18.3 Å². The third-order valence-corrected chi connectivity index (χ3v) is 5.31. The van der Waals surface area contributed by atoms with Crippen LogP contribution < -0.4 is 0 Å². The lowest BCUT2D eigenvalue weighted by Crippen LogP contribution is -2.37. The molecule has 1 fully saturated rings. The molecule has 1 amide bonds. The SMILES string of the molecule is CCc1cc(C(F)(F)F)c2c(C3CCN(C(=O)c4cnn(C)c4)CC3)noc2n1. The highest BCUT2D eigenvalue weighted by Gasteiger charge is 2.38. The van der Waals surface area contributed by atoms with Crippen molar-refractivity contribution in [3.05, 3.63) is 41.0 Å². The molecule has 0 saturated carbocycles. The molecular formula is C19H20F3N5O2. The van der Waals surface area contributed by atoms with Gasteiger partial charge < -0.3 is 9.42 Å². The van der Waals surface area contributed by atoms with Gasteiger partial charge in [-0.15, -0.1) is 0 Å². The van der Waals surface area contributed by atoms with Gasteiger partial charge in [-0.25, -0.2) is 4.98 Å². The van der Waals surface area contributed by atoms with Crippen molar-refractivity contribution in [2.24, 2.45) is 7.05 Å². The normalized spacial score (nSPS) is 16.0. The molecule has 4 rings (SSSR count). The Hall–Kier alpha value is -2.91. The zero-order valence-corrected chi connectivity index (χ0v) is 16.0. The third kappa shape index (κ3) is 3.58. The van der Waals surface area contributed by atoms with Crippen LogP contribution in [-0.4, -0.2) is 43.8 Å². The second-order valence-corrected chi connectivity index (χ2v) is 7.23. The molecule has 0 aliphatic carbocycles. The molecular weight excluding hydrogens is 387 g/mol. The summed E-state index contributed by atoms with van der Waals surface area (Å²) in [6.07, 6.45) is -0.00841. The lowest BCUT2D eigenvalue weighted by atomic mass is 9.90. The van der Waals surface area contributed by atoms with Crippen LogP contribution in [0.25, 0.3) is 11.1 Å². The minimum Gasteiger partial charge on any atom is -0.339 e. The molecule has 29 heavy (non-hydrogen) atoms. The topological polar surface area (TPSA) is 77.0 Å². The zero-order chi connectivity index (χ0) is 20.8. The Morgan fingerprint density at radius 2 is 2.03 bits per heavy atom. The summed E-state index contributed by atoms with van der Waals surface area (Å²) in [5.41, 5.74) is 0.235. The number of aryl methyl sites for hydroxylation is 2. The first-order valence-electron chi connectivity index (χ1n) is 9.42. The van der Waals surface area contributed by atoms with E-state index in [4.69, 9.17) is 4.52 Å². The Balaban J connectivity index is 1.59. The molecule has 0 atom stereocenters. The second kappa shape index (κ2) is 7.16. The molecule has 3 aromatic rings. The Morgan fingerprint density at radius 1 is 1.31 bits per heavy atom. The summed E-state index contributed by atoms with van der Waals surface area (Å²) in [5, 5.41) is 7.88.